The summed E-state index contributed by atoms with van der Waals surface area (Å²) in [6, 6.07) is 10.3. The van der Waals surface area contributed by atoms with Crippen LogP contribution in [0.15, 0.2) is 40.9 Å². The molecule has 0 atom stereocenters. The molecule has 0 aliphatic rings. The Morgan fingerprint density at radius 2 is 1.66 bits per heavy atom. The summed E-state index contributed by atoms with van der Waals surface area (Å²) in [7, 11) is 0. The van der Waals surface area contributed by atoms with Gasteiger partial charge in [0.25, 0.3) is 5.91 Å². The highest BCUT2D eigenvalue weighted by Crippen LogP contribution is 2.36. The van der Waals surface area contributed by atoms with Crippen molar-refractivity contribution in [1.29, 1.82) is 0 Å². The van der Waals surface area contributed by atoms with Crippen LogP contribution in [0.1, 0.15) is 66.8 Å². The quantitative estimate of drug-likeness (QED) is 0.491. The van der Waals surface area contributed by atoms with Crippen molar-refractivity contribution in [2.75, 3.05) is 5.32 Å². The third-order valence-electron chi connectivity index (χ3n) is 4.90. The van der Waals surface area contributed by atoms with Crippen LogP contribution in [0.25, 0.3) is 11.3 Å². The first-order valence-electron chi connectivity index (χ1n) is 9.57. The van der Waals surface area contributed by atoms with Gasteiger partial charge in [0, 0.05) is 5.69 Å². The third kappa shape index (κ3) is 4.06. The largest absolute Gasteiger partial charge is 0.360 e. The minimum Gasteiger partial charge on any atom is -0.360 e. The van der Waals surface area contributed by atoms with Gasteiger partial charge in [0.05, 0.1) is 10.6 Å². The molecule has 0 aliphatic heterocycles. The molecule has 0 spiro atoms. The second kappa shape index (κ2) is 8.37. The molecule has 1 heterocycles. The van der Waals surface area contributed by atoms with E-state index in [9.17, 15) is 9.18 Å². The van der Waals surface area contributed by atoms with Crippen molar-refractivity contribution in [3.05, 3.63) is 69.7 Å². The monoisotopic (exact) mass is 414 g/mol. The maximum absolute atomic E-state index is 14.5. The highest BCUT2D eigenvalue weighted by molar-refractivity contribution is 6.33. The number of carbonyl (C=O) groups is 1. The van der Waals surface area contributed by atoms with Crippen LogP contribution >= 0.6 is 11.6 Å². The normalized spacial score (nSPS) is 11.3. The first kappa shape index (κ1) is 21.1. The van der Waals surface area contributed by atoms with Gasteiger partial charge in [-0.15, -0.1) is 0 Å². The smallest absolute Gasteiger partial charge is 0.261 e. The number of nitrogens with one attached hydrogen (secondary N) is 1. The van der Waals surface area contributed by atoms with Crippen molar-refractivity contribution in [2.45, 2.75) is 46.5 Å². The van der Waals surface area contributed by atoms with Crippen LogP contribution in [-0.4, -0.2) is 11.1 Å². The lowest BCUT2D eigenvalue weighted by atomic mass is 9.92. The molecule has 0 saturated heterocycles. The number of benzene rings is 2. The maximum atomic E-state index is 14.5. The summed E-state index contributed by atoms with van der Waals surface area (Å²) in [5.74, 6) is -0.246. The first-order valence-corrected chi connectivity index (χ1v) is 9.95. The standard InChI is InChI=1S/C23H24ClFN2O2/c1-12(2)15-8-6-9-16(13(3)4)21(15)26-23(28)19-14(5)29-27-22(19)20-17(24)10-7-11-18(20)25/h6-13H,1-5H3,(H,26,28). The molecule has 0 bridgehead atoms. The summed E-state index contributed by atoms with van der Waals surface area (Å²) in [5.41, 5.74) is 3.15. The lowest BCUT2D eigenvalue weighted by Crippen LogP contribution is -2.17. The third-order valence-corrected chi connectivity index (χ3v) is 5.22. The van der Waals surface area contributed by atoms with E-state index in [-0.39, 0.29) is 33.7 Å². The van der Waals surface area contributed by atoms with Gasteiger partial charge >= 0.3 is 0 Å². The molecule has 2 aromatic carbocycles. The van der Waals surface area contributed by atoms with Gasteiger partial charge in [-0.3, -0.25) is 4.79 Å². The summed E-state index contributed by atoms with van der Waals surface area (Å²) in [6.07, 6.45) is 0. The van der Waals surface area contributed by atoms with Gasteiger partial charge < -0.3 is 9.84 Å². The van der Waals surface area contributed by atoms with Gasteiger partial charge in [-0.1, -0.05) is 68.7 Å². The van der Waals surface area contributed by atoms with Gasteiger partial charge in [0.2, 0.25) is 0 Å². The molecule has 3 aromatic rings. The van der Waals surface area contributed by atoms with E-state index in [1.807, 2.05) is 18.2 Å². The number of halogens is 2. The summed E-state index contributed by atoms with van der Waals surface area (Å²) in [5, 5.41) is 7.12. The van der Waals surface area contributed by atoms with Crippen LogP contribution < -0.4 is 5.32 Å². The summed E-state index contributed by atoms with van der Waals surface area (Å²) >= 11 is 6.19. The zero-order valence-corrected chi connectivity index (χ0v) is 17.9. The van der Waals surface area contributed by atoms with Gasteiger partial charge in [-0.2, -0.15) is 0 Å². The van der Waals surface area contributed by atoms with Crippen molar-refractivity contribution >= 4 is 23.2 Å². The number of anilines is 1. The zero-order valence-electron chi connectivity index (χ0n) is 17.1. The number of para-hydroxylation sites is 1. The summed E-state index contributed by atoms with van der Waals surface area (Å²) in [4.78, 5) is 13.3. The van der Waals surface area contributed by atoms with Crippen molar-refractivity contribution in [2.24, 2.45) is 0 Å². The van der Waals surface area contributed by atoms with Gasteiger partial charge in [0.15, 0.2) is 0 Å². The molecule has 3 rings (SSSR count). The van der Waals surface area contributed by atoms with Crippen molar-refractivity contribution in [1.82, 2.24) is 5.16 Å². The Hall–Kier alpha value is -2.66. The van der Waals surface area contributed by atoms with Crippen LogP contribution in [0.4, 0.5) is 10.1 Å². The Morgan fingerprint density at radius 1 is 1.07 bits per heavy atom. The summed E-state index contributed by atoms with van der Waals surface area (Å²) < 4.78 is 19.7. The number of hydrogen-bond acceptors (Lipinski definition) is 3. The molecular weight excluding hydrogens is 391 g/mol. The number of aryl methyl sites for hydroxylation is 1. The molecule has 1 N–H and O–H groups in total. The van der Waals surface area contributed by atoms with Gasteiger partial charge in [-0.25, -0.2) is 4.39 Å². The predicted molar refractivity (Wildman–Crippen MR) is 114 cm³/mol. The summed E-state index contributed by atoms with van der Waals surface area (Å²) in [6.45, 7) is 9.92. The lowest BCUT2D eigenvalue weighted by molar-refractivity contribution is 0.102. The Morgan fingerprint density at radius 3 is 2.21 bits per heavy atom. The molecule has 1 aromatic heterocycles. The fourth-order valence-corrected chi connectivity index (χ4v) is 3.66. The van der Waals surface area contributed by atoms with E-state index in [0.717, 1.165) is 16.8 Å². The molecule has 152 valence electrons. The topological polar surface area (TPSA) is 55.1 Å². The first-order chi connectivity index (χ1) is 13.7. The molecular formula is C23H24ClFN2O2. The van der Waals surface area contributed by atoms with Crippen LogP contribution in [0.2, 0.25) is 5.02 Å². The fraction of sp³-hybridized carbons (Fsp3) is 0.304. The molecule has 1 amide bonds. The van der Waals surface area contributed by atoms with Crippen LogP contribution in [0.3, 0.4) is 0 Å². The van der Waals surface area contributed by atoms with Crippen LogP contribution in [-0.2, 0) is 0 Å². The van der Waals surface area contributed by atoms with Crippen molar-refractivity contribution < 1.29 is 13.7 Å². The molecule has 4 nitrogen and oxygen atoms in total. The van der Waals surface area contributed by atoms with E-state index in [4.69, 9.17) is 16.1 Å². The number of hydrogen-bond donors (Lipinski definition) is 1. The number of rotatable bonds is 5. The van der Waals surface area contributed by atoms with Crippen molar-refractivity contribution in [3.8, 4) is 11.3 Å². The predicted octanol–water partition coefficient (Wildman–Crippen LogP) is 6.94. The average Bonchev–Trinajstić information content (AvgIpc) is 3.02. The van der Waals surface area contributed by atoms with Crippen LogP contribution in [0.5, 0.6) is 0 Å². The fourth-order valence-electron chi connectivity index (χ4n) is 3.41. The number of amides is 1. The Kier molecular flexibility index (Phi) is 6.08. The molecule has 0 aliphatic carbocycles. The molecule has 0 fully saturated rings. The Labute approximate surface area is 175 Å². The number of aromatic nitrogens is 1. The molecule has 6 heteroatoms. The molecule has 0 unspecified atom stereocenters. The zero-order chi connectivity index (χ0) is 21.3. The SMILES string of the molecule is Cc1onc(-c2c(F)cccc2Cl)c1C(=O)Nc1c(C(C)C)cccc1C(C)C. The Bertz CT molecular complexity index is 1010. The number of nitrogens with zero attached hydrogens (tertiary/aromatic N) is 1. The molecule has 0 radical (unpaired) electrons. The average molecular weight is 415 g/mol. The van der Waals surface area contributed by atoms with Crippen molar-refractivity contribution in [3.63, 3.8) is 0 Å². The lowest BCUT2D eigenvalue weighted by Gasteiger charge is -2.20. The van der Waals surface area contributed by atoms with E-state index in [0.29, 0.717) is 5.76 Å². The van der Waals surface area contributed by atoms with E-state index in [2.05, 4.69) is 38.2 Å². The van der Waals surface area contributed by atoms with E-state index in [1.54, 1.807) is 13.0 Å². The molecule has 0 saturated carbocycles. The van der Waals surface area contributed by atoms with E-state index in [1.165, 1.54) is 12.1 Å². The van der Waals surface area contributed by atoms with E-state index < -0.39 is 11.7 Å². The second-order valence-corrected chi connectivity index (χ2v) is 8.04. The maximum Gasteiger partial charge on any atom is 0.261 e. The van der Waals surface area contributed by atoms with Crippen LogP contribution in [0, 0.1) is 12.7 Å². The Balaban J connectivity index is 2.10. The van der Waals surface area contributed by atoms with E-state index >= 15 is 0 Å². The minimum atomic E-state index is -0.565. The van der Waals surface area contributed by atoms with Gasteiger partial charge in [0.1, 0.15) is 22.8 Å². The molecule has 29 heavy (non-hydrogen) atoms. The highest BCUT2D eigenvalue weighted by atomic mass is 35.5. The highest BCUT2D eigenvalue weighted by Gasteiger charge is 2.27. The number of carbonyl (C=O) groups excluding carboxylic acids is 1. The second-order valence-electron chi connectivity index (χ2n) is 7.63. The minimum absolute atomic E-state index is 0.0531. The van der Waals surface area contributed by atoms with Gasteiger partial charge in [-0.05, 0) is 42.0 Å².